The Morgan fingerprint density at radius 3 is 1.70 bits per heavy atom. The standard InChI is InChI=1S/C18H30N2/c1-12-10-13(2)15(14(3)11-12)16(19-17(4,5)6)20-18(7,8)9/h10-11H,1-9H3,(H,19,20). The monoisotopic (exact) mass is 274 g/mol. The van der Waals surface area contributed by atoms with Gasteiger partial charge in [0, 0.05) is 11.1 Å². The minimum Gasteiger partial charge on any atom is -0.365 e. The molecule has 1 rings (SSSR count). The Morgan fingerprint density at radius 2 is 1.35 bits per heavy atom. The summed E-state index contributed by atoms with van der Waals surface area (Å²) >= 11 is 0. The molecule has 0 heterocycles. The zero-order chi connectivity index (χ0) is 15.7. The van der Waals surface area contributed by atoms with E-state index in [9.17, 15) is 0 Å². The maximum Gasteiger partial charge on any atom is 0.129 e. The summed E-state index contributed by atoms with van der Waals surface area (Å²) in [6.07, 6.45) is 0. The molecule has 2 heteroatoms. The number of rotatable bonds is 1. The first-order valence-corrected chi connectivity index (χ1v) is 7.35. The lowest BCUT2D eigenvalue weighted by Crippen LogP contribution is -2.42. The van der Waals surface area contributed by atoms with Crippen LogP contribution in [0.15, 0.2) is 17.1 Å². The predicted molar refractivity (Wildman–Crippen MR) is 89.8 cm³/mol. The zero-order valence-corrected chi connectivity index (χ0v) is 14.6. The van der Waals surface area contributed by atoms with Crippen LogP contribution in [0.2, 0.25) is 0 Å². The maximum absolute atomic E-state index is 4.92. The van der Waals surface area contributed by atoms with E-state index < -0.39 is 0 Å². The SMILES string of the molecule is Cc1cc(C)c(C(=NC(C)(C)C)NC(C)(C)C)c(C)c1. The molecular formula is C18H30N2. The lowest BCUT2D eigenvalue weighted by atomic mass is 9.97. The van der Waals surface area contributed by atoms with Gasteiger partial charge < -0.3 is 5.32 Å². The number of hydrogen-bond acceptors (Lipinski definition) is 1. The summed E-state index contributed by atoms with van der Waals surface area (Å²) in [6.45, 7) is 19.4. The maximum atomic E-state index is 4.92. The Kier molecular flexibility index (Phi) is 4.68. The van der Waals surface area contributed by atoms with Crippen LogP contribution >= 0.6 is 0 Å². The molecule has 2 nitrogen and oxygen atoms in total. The van der Waals surface area contributed by atoms with Gasteiger partial charge in [-0.25, -0.2) is 0 Å². The first-order chi connectivity index (χ1) is 8.89. The Balaban J connectivity index is 3.43. The van der Waals surface area contributed by atoms with Crippen molar-refractivity contribution in [3.05, 3.63) is 34.4 Å². The fourth-order valence-corrected chi connectivity index (χ4v) is 2.39. The number of hydrogen-bond donors (Lipinski definition) is 1. The number of nitrogens with one attached hydrogen (secondary N) is 1. The third-order valence-corrected chi connectivity index (χ3v) is 2.85. The molecule has 0 fully saturated rings. The van der Waals surface area contributed by atoms with Crippen molar-refractivity contribution in [1.29, 1.82) is 0 Å². The number of benzene rings is 1. The second-order valence-corrected chi connectivity index (χ2v) is 7.78. The lowest BCUT2D eigenvalue weighted by Gasteiger charge is -2.28. The quantitative estimate of drug-likeness (QED) is 0.590. The molecule has 1 aromatic carbocycles. The van der Waals surface area contributed by atoms with Gasteiger partial charge >= 0.3 is 0 Å². The van der Waals surface area contributed by atoms with E-state index in [1.807, 2.05) is 0 Å². The van der Waals surface area contributed by atoms with Gasteiger partial charge in [0.2, 0.25) is 0 Å². The molecule has 112 valence electrons. The van der Waals surface area contributed by atoms with Crippen LogP contribution in [0.1, 0.15) is 63.8 Å². The highest BCUT2D eigenvalue weighted by atomic mass is 15.1. The molecule has 1 N–H and O–H groups in total. The van der Waals surface area contributed by atoms with E-state index in [1.54, 1.807) is 0 Å². The highest BCUT2D eigenvalue weighted by molar-refractivity contribution is 6.02. The summed E-state index contributed by atoms with van der Waals surface area (Å²) in [6, 6.07) is 4.45. The van der Waals surface area contributed by atoms with Gasteiger partial charge in [-0.05, 0) is 73.4 Å². The fraction of sp³-hybridized carbons (Fsp3) is 0.611. The molecule has 20 heavy (non-hydrogen) atoms. The van der Waals surface area contributed by atoms with Crippen molar-refractivity contribution in [2.45, 2.75) is 73.4 Å². The van der Waals surface area contributed by atoms with Crippen LogP contribution in [0.3, 0.4) is 0 Å². The number of aliphatic imine (C=N–C) groups is 1. The summed E-state index contributed by atoms with van der Waals surface area (Å²) in [4.78, 5) is 4.92. The van der Waals surface area contributed by atoms with E-state index in [-0.39, 0.29) is 11.1 Å². The average molecular weight is 274 g/mol. The van der Waals surface area contributed by atoms with Gasteiger partial charge in [-0.1, -0.05) is 17.7 Å². The van der Waals surface area contributed by atoms with Crippen LogP contribution in [-0.2, 0) is 0 Å². The molecule has 1 aromatic rings. The number of nitrogens with zero attached hydrogens (tertiary/aromatic N) is 1. The van der Waals surface area contributed by atoms with Crippen molar-refractivity contribution in [1.82, 2.24) is 5.32 Å². The Hall–Kier alpha value is -1.31. The normalized spacial score (nSPS) is 13.6. The van der Waals surface area contributed by atoms with Gasteiger partial charge in [-0.3, -0.25) is 4.99 Å². The summed E-state index contributed by atoms with van der Waals surface area (Å²) in [5.74, 6) is 1.00. The third kappa shape index (κ3) is 4.99. The molecule has 0 aliphatic carbocycles. The molecule has 0 saturated carbocycles. The molecule has 0 amide bonds. The van der Waals surface area contributed by atoms with Crippen molar-refractivity contribution in [3.8, 4) is 0 Å². The van der Waals surface area contributed by atoms with Gasteiger partial charge in [-0.2, -0.15) is 0 Å². The highest BCUT2D eigenvalue weighted by Crippen LogP contribution is 2.20. The van der Waals surface area contributed by atoms with E-state index in [2.05, 4.69) is 79.8 Å². The average Bonchev–Trinajstić information content (AvgIpc) is 2.08. The van der Waals surface area contributed by atoms with Crippen LogP contribution in [0.4, 0.5) is 0 Å². The van der Waals surface area contributed by atoms with Gasteiger partial charge in [0.1, 0.15) is 5.84 Å². The van der Waals surface area contributed by atoms with E-state index in [4.69, 9.17) is 4.99 Å². The summed E-state index contributed by atoms with van der Waals surface area (Å²) in [7, 11) is 0. The van der Waals surface area contributed by atoms with Crippen LogP contribution < -0.4 is 5.32 Å². The smallest absolute Gasteiger partial charge is 0.129 e. The first kappa shape index (κ1) is 16.7. The Bertz CT molecular complexity index is 488. The van der Waals surface area contributed by atoms with Crippen molar-refractivity contribution < 1.29 is 0 Å². The topological polar surface area (TPSA) is 24.4 Å². The van der Waals surface area contributed by atoms with Gasteiger partial charge in [0.15, 0.2) is 0 Å². The van der Waals surface area contributed by atoms with Crippen molar-refractivity contribution in [3.63, 3.8) is 0 Å². The van der Waals surface area contributed by atoms with E-state index >= 15 is 0 Å². The van der Waals surface area contributed by atoms with Crippen LogP contribution in [-0.4, -0.2) is 16.9 Å². The van der Waals surface area contributed by atoms with Crippen LogP contribution in [0.25, 0.3) is 0 Å². The highest BCUT2D eigenvalue weighted by Gasteiger charge is 2.20. The van der Waals surface area contributed by atoms with Crippen molar-refractivity contribution in [2.24, 2.45) is 4.99 Å². The lowest BCUT2D eigenvalue weighted by molar-refractivity contribution is 0.501. The first-order valence-electron chi connectivity index (χ1n) is 7.35. The molecular weight excluding hydrogens is 244 g/mol. The molecule has 0 aromatic heterocycles. The summed E-state index contributed by atoms with van der Waals surface area (Å²) in [5.41, 5.74) is 4.99. The molecule has 0 aliphatic rings. The second-order valence-electron chi connectivity index (χ2n) is 7.78. The minimum atomic E-state index is -0.0999. The van der Waals surface area contributed by atoms with Crippen LogP contribution in [0, 0.1) is 20.8 Å². The number of aryl methyl sites for hydroxylation is 3. The fourth-order valence-electron chi connectivity index (χ4n) is 2.39. The molecule has 0 atom stereocenters. The molecule has 0 bridgehead atoms. The second kappa shape index (κ2) is 5.59. The molecule has 0 radical (unpaired) electrons. The van der Waals surface area contributed by atoms with E-state index in [0.29, 0.717) is 0 Å². The summed E-state index contributed by atoms with van der Waals surface area (Å²) in [5, 5.41) is 3.58. The predicted octanol–water partition coefficient (Wildman–Crippen LogP) is 4.55. The summed E-state index contributed by atoms with van der Waals surface area (Å²) < 4.78 is 0. The van der Waals surface area contributed by atoms with Crippen LogP contribution in [0.5, 0.6) is 0 Å². The largest absolute Gasteiger partial charge is 0.365 e. The van der Waals surface area contributed by atoms with Crippen molar-refractivity contribution >= 4 is 5.84 Å². The molecule has 0 spiro atoms. The third-order valence-electron chi connectivity index (χ3n) is 2.85. The molecule has 0 saturated heterocycles. The van der Waals surface area contributed by atoms with Gasteiger partial charge in [-0.15, -0.1) is 0 Å². The van der Waals surface area contributed by atoms with Gasteiger partial charge in [0.05, 0.1) is 5.54 Å². The molecule has 0 aliphatic heterocycles. The Labute approximate surface area is 124 Å². The van der Waals surface area contributed by atoms with Gasteiger partial charge in [0.25, 0.3) is 0 Å². The van der Waals surface area contributed by atoms with E-state index in [0.717, 1.165) is 5.84 Å². The van der Waals surface area contributed by atoms with Crippen molar-refractivity contribution in [2.75, 3.05) is 0 Å². The Morgan fingerprint density at radius 1 is 0.900 bits per heavy atom. The minimum absolute atomic E-state index is 0.00610. The zero-order valence-electron chi connectivity index (χ0n) is 14.6. The van der Waals surface area contributed by atoms with E-state index in [1.165, 1.54) is 22.3 Å². The number of amidine groups is 1. The molecule has 0 unspecified atom stereocenters.